The van der Waals surface area contributed by atoms with Gasteiger partial charge in [0.05, 0.1) is 39.0 Å². The van der Waals surface area contributed by atoms with Crippen LogP contribution in [0.2, 0.25) is 0 Å². The Hall–Kier alpha value is -6.78. The fourth-order valence-electron chi connectivity index (χ4n) is 9.36. The molecule has 3 aromatic heterocycles. The highest BCUT2D eigenvalue weighted by molar-refractivity contribution is 6.24. The number of hydrogen-bond donors (Lipinski definition) is 0. The molecule has 0 unspecified atom stereocenters. The minimum atomic E-state index is -0.170. The standard InChI is InChI=1S/C50H36N4/c1-5-16-30(2)48-36-22-9-13-24-41(36)51-49(52-48)54-44-28-40-37(31-17-8-12-23-39(31)50(40,3)4)27-38(44)47-35-21-7-6-20-34(35)45(29-46(47)54)53-42-25-14-10-18-32(42)33-19-11-15-26-43(33)53/h5-29H,1H2,2-4H3/b30-16+. The Balaban J connectivity index is 1.35. The van der Waals surface area contributed by atoms with Gasteiger partial charge in [-0.1, -0.05) is 136 Å². The van der Waals surface area contributed by atoms with Gasteiger partial charge in [-0.15, -0.1) is 0 Å². The van der Waals surface area contributed by atoms with Crippen molar-refractivity contribution >= 4 is 70.9 Å². The molecule has 4 heteroatoms. The van der Waals surface area contributed by atoms with Crippen molar-refractivity contribution in [1.29, 1.82) is 0 Å². The van der Waals surface area contributed by atoms with Crippen molar-refractivity contribution in [2.24, 2.45) is 0 Å². The number of aromatic nitrogens is 4. The highest BCUT2D eigenvalue weighted by Gasteiger charge is 2.36. The Morgan fingerprint density at radius 1 is 0.556 bits per heavy atom. The molecular weight excluding hydrogens is 657 g/mol. The average Bonchev–Trinajstić information content (AvgIpc) is 3.79. The molecule has 7 aromatic carbocycles. The van der Waals surface area contributed by atoms with Crippen LogP contribution in [0, 0.1) is 0 Å². The topological polar surface area (TPSA) is 35.6 Å². The molecule has 1 aliphatic rings. The van der Waals surface area contributed by atoms with E-state index in [4.69, 9.17) is 9.97 Å². The fourth-order valence-corrected chi connectivity index (χ4v) is 9.36. The van der Waals surface area contributed by atoms with Gasteiger partial charge in [0.25, 0.3) is 0 Å². The third kappa shape index (κ3) is 4.08. The van der Waals surface area contributed by atoms with Crippen LogP contribution < -0.4 is 0 Å². The zero-order chi connectivity index (χ0) is 36.3. The fraction of sp³-hybridized carbons (Fsp3) is 0.0800. The maximum Gasteiger partial charge on any atom is 0.235 e. The number of benzene rings is 7. The van der Waals surface area contributed by atoms with E-state index in [1.165, 1.54) is 65.6 Å². The van der Waals surface area contributed by atoms with Gasteiger partial charge in [0.2, 0.25) is 5.95 Å². The lowest BCUT2D eigenvalue weighted by Gasteiger charge is -2.21. The molecule has 256 valence electrons. The summed E-state index contributed by atoms with van der Waals surface area (Å²) >= 11 is 0. The first-order valence-electron chi connectivity index (χ1n) is 18.6. The zero-order valence-electron chi connectivity index (χ0n) is 30.4. The van der Waals surface area contributed by atoms with E-state index in [1.54, 1.807) is 0 Å². The van der Waals surface area contributed by atoms with Crippen molar-refractivity contribution in [3.8, 4) is 22.8 Å². The molecule has 0 N–H and O–H groups in total. The van der Waals surface area contributed by atoms with Gasteiger partial charge < -0.3 is 4.57 Å². The van der Waals surface area contributed by atoms with Crippen LogP contribution in [0.15, 0.2) is 158 Å². The molecular formula is C50H36N4. The molecule has 0 fully saturated rings. The van der Waals surface area contributed by atoms with E-state index < -0.39 is 0 Å². The van der Waals surface area contributed by atoms with Crippen molar-refractivity contribution in [2.75, 3.05) is 0 Å². The Bertz CT molecular complexity index is 3230. The van der Waals surface area contributed by atoms with E-state index in [1.807, 2.05) is 12.2 Å². The van der Waals surface area contributed by atoms with Gasteiger partial charge in [-0.05, 0) is 76.5 Å². The average molecular weight is 693 g/mol. The highest BCUT2D eigenvalue weighted by atomic mass is 15.2. The minimum Gasteiger partial charge on any atom is -0.309 e. The lowest BCUT2D eigenvalue weighted by atomic mass is 9.82. The molecule has 3 heterocycles. The van der Waals surface area contributed by atoms with E-state index >= 15 is 0 Å². The summed E-state index contributed by atoms with van der Waals surface area (Å²) in [5, 5.41) is 8.28. The molecule has 11 rings (SSSR count). The predicted molar refractivity (Wildman–Crippen MR) is 227 cm³/mol. The van der Waals surface area contributed by atoms with Crippen LogP contribution in [0.5, 0.6) is 0 Å². The molecule has 10 aromatic rings. The third-order valence-electron chi connectivity index (χ3n) is 11.8. The summed E-state index contributed by atoms with van der Waals surface area (Å²) in [6.45, 7) is 10.8. The summed E-state index contributed by atoms with van der Waals surface area (Å²) < 4.78 is 4.77. The number of para-hydroxylation sites is 3. The van der Waals surface area contributed by atoms with E-state index in [9.17, 15) is 0 Å². The lowest BCUT2D eigenvalue weighted by molar-refractivity contribution is 0.661. The second-order valence-corrected chi connectivity index (χ2v) is 15.1. The second-order valence-electron chi connectivity index (χ2n) is 15.1. The Morgan fingerprint density at radius 2 is 1.19 bits per heavy atom. The summed E-state index contributed by atoms with van der Waals surface area (Å²) in [6.07, 6.45) is 3.87. The number of rotatable bonds is 4. The molecule has 4 nitrogen and oxygen atoms in total. The van der Waals surface area contributed by atoms with E-state index in [0.29, 0.717) is 5.95 Å². The van der Waals surface area contributed by atoms with Crippen LogP contribution in [-0.2, 0) is 5.41 Å². The number of hydrogen-bond acceptors (Lipinski definition) is 2. The molecule has 0 atom stereocenters. The van der Waals surface area contributed by atoms with Crippen LogP contribution >= 0.6 is 0 Å². The molecule has 0 saturated heterocycles. The number of fused-ring (bicyclic) bond motifs is 12. The van der Waals surface area contributed by atoms with Crippen molar-refractivity contribution in [2.45, 2.75) is 26.2 Å². The van der Waals surface area contributed by atoms with Gasteiger partial charge in [-0.25, -0.2) is 9.97 Å². The van der Waals surface area contributed by atoms with Gasteiger partial charge in [0.15, 0.2) is 0 Å². The second kappa shape index (κ2) is 11.1. The highest BCUT2D eigenvalue weighted by Crippen LogP contribution is 2.52. The van der Waals surface area contributed by atoms with Crippen LogP contribution in [0.1, 0.15) is 37.6 Å². The summed E-state index contributed by atoms with van der Waals surface area (Å²) in [4.78, 5) is 10.8. The third-order valence-corrected chi connectivity index (χ3v) is 11.8. The normalized spacial score (nSPS) is 13.8. The Kier molecular flexibility index (Phi) is 6.34. The summed E-state index contributed by atoms with van der Waals surface area (Å²) in [5.41, 5.74) is 13.6. The first-order valence-corrected chi connectivity index (χ1v) is 18.6. The van der Waals surface area contributed by atoms with E-state index in [0.717, 1.165) is 38.9 Å². The zero-order valence-corrected chi connectivity index (χ0v) is 30.4. The molecule has 0 saturated carbocycles. The van der Waals surface area contributed by atoms with Gasteiger partial charge in [-0.3, -0.25) is 4.57 Å². The van der Waals surface area contributed by atoms with E-state index in [-0.39, 0.29) is 5.41 Å². The summed E-state index contributed by atoms with van der Waals surface area (Å²) in [5.74, 6) is 0.650. The summed E-state index contributed by atoms with van der Waals surface area (Å²) in [6, 6.07) is 50.8. The monoisotopic (exact) mass is 692 g/mol. The molecule has 0 aliphatic heterocycles. The van der Waals surface area contributed by atoms with Crippen molar-refractivity contribution < 1.29 is 0 Å². The van der Waals surface area contributed by atoms with Crippen LogP contribution in [0.25, 0.3) is 93.6 Å². The molecule has 1 aliphatic carbocycles. The summed E-state index contributed by atoms with van der Waals surface area (Å²) in [7, 11) is 0. The minimum absolute atomic E-state index is 0.170. The van der Waals surface area contributed by atoms with Crippen LogP contribution in [-0.4, -0.2) is 19.1 Å². The van der Waals surface area contributed by atoms with Crippen LogP contribution in [0.3, 0.4) is 0 Å². The molecule has 0 bridgehead atoms. The SMILES string of the molecule is C=C/C=C(\C)c1nc(-n2c3cc4c(cc3c3c5ccccc5c(-n5c6ccccc6c6ccccc65)cc32)-c2ccccc2C4(C)C)nc2ccccc12. The smallest absolute Gasteiger partial charge is 0.235 e. The van der Waals surface area contributed by atoms with Crippen molar-refractivity contribution in [3.63, 3.8) is 0 Å². The predicted octanol–water partition coefficient (Wildman–Crippen LogP) is 12.9. The number of nitrogens with zero attached hydrogens (tertiary/aromatic N) is 4. The van der Waals surface area contributed by atoms with E-state index in [2.05, 4.69) is 176 Å². The van der Waals surface area contributed by atoms with Gasteiger partial charge >= 0.3 is 0 Å². The van der Waals surface area contributed by atoms with Gasteiger partial charge in [0.1, 0.15) is 0 Å². The van der Waals surface area contributed by atoms with Crippen LogP contribution in [0.4, 0.5) is 0 Å². The van der Waals surface area contributed by atoms with Gasteiger partial charge in [-0.2, -0.15) is 0 Å². The number of allylic oxidation sites excluding steroid dienone is 3. The molecule has 0 amide bonds. The maximum absolute atomic E-state index is 5.43. The van der Waals surface area contributed by atoms with Crippen molar-refractivity contribution in [1.82, 2.24) is 19.1 Å². The van der Waals surface area contributed by atoms with Gasteiger partial charge in [0, 0.05) is 37.7 Å². The van der Waals surface area contributed by atoms with Crippen molar-refractivity contribution in [3.05, 3.63) is 175 Å². The molecule has 54 heavy (non-hydrogen) atoms. The first kappa shape index (κ1) is 30.8. The first-order chi connectivity index (χ1) is 26.4. The molecule has 0 spiro atoms. The Labute approximate surface area is 313 Å². The largest absolute Gasteiger partial charge is 0.309 e. The quantitative estimate of drug-likeness (QED) is 0.172. The lowest BCUT2D eigenvalue weighted by Crippen LogP contribution is -2.15. The molecule has 0 radical (unpaired) electrons. The Morgan fingerprint density at radius 3 is 1.93 bits per heavy atom. The maximum atomic E-state index is 5.43.